The zero-order valence-electron chi connectivity index (χ0n) is 9.25. The average Bonchev–Trinajstić information content (AvgIpc) is 2.70. The fourth-order valence-electron chi connectivity index (χ4n) is 1.72. The topological polar surface area (TPSA) is 59.3 Å². The van der Waals surface area contributed by atoms with Crippen molar-refractivity contribution in [1.82, 2.24) is 10.9 Å². The fraction of sp³-hybridized carbons (Fsp3) is 0.455. The predicted molar refractivity (Wildman–Crippen MR) is 59.1 cm³/mol. The molecule has 0 amide bonds. The SMILES string of the molecule is NC1CC(CCOc2ccc(F)c(F)c2)NN1. The fourth-order valence-corrected chi connectivity index (χ4v) is 1.72. The molecular formula is C11H15F2N3O. The molecule has 1 saturated heterocycles. The summed E-state index contributed by atoms with van der Waals surface area (Å²) in [5, 5.41) is 0. The first-order valence-corrected chi connectivity index (χ1v) is 5.49. The van der Waals surface area contributed by atoms with Gasteiger partial charge in [0.25, 0.3) is 0 Å². The molecule has 2 rings (SSSR count). The van der Waals surface area contributed by atoms with Crippen molar-refractivity contribution >= 4 is 0 Å². The first-order chi connectivity index (χ1) is 8.15. The van der Waals surface area contributed by atoms with Crippen molar-refractivity contribution < 1.29 is 13.5 Å². The van der Waals surface area contributed by atoms with Crippen molar-refractivity contribution in [1.29, 1.82) is 0 Å². The lowest BCUT2D eigenvalue weighted by Gasteiger charge is -2.10. The number of nitrogens with one attached hydrogen (secondary N) is 2. The number of nitrogens with two attached hydrogens (primary N) is 1. The van der Waals surface area contributed by atoms with E-state index >= 15 is 0 Å². The van der Waals surface area contributed by atoms with E-state index in [1.165, 1.54) is 6.07 Å². The van der Waals surface area contributed by atoms with E-state index in [1.54, 1.807) is 0 Å². The van der Waals surface area contributed by atoms with E-state index < -0.39 is 11.6 Å². The third-order valence-corrected chi connectivity index (χ3v) is 2.64. The van der Waals surface area contributed by atoms with Gasteiger partial charge in [-0.05, 0) is 25.0 Å². The van der Waals surface area contributed by atoms with E-state index in [0.29, 0.717) is 12.4 Å². The maximum atomic E-state index is 12.9. The Bertz CT molecular complexity index is 389. The van der Waals surface area contributed by atoms with Gasteiger partial charge in [-0.1, -0.05) is 0 Å². The van der Waals surface area contributed by atoms with E-state index in [0.717, 1.165) is 25.0 Å². The van der Waals surface area contributed by atoms with Crippen molar-refractivity contribution in [3.8, 4) is 5.75 Å². The van der Waals surface area contributed by atoms with Crippen LogP contribution in [0.2, 0.25) is 0 Å². The summed E-state index contributed by atoms with van der Waals surface area (Å²) in [5.74, 6) is -1.44. The minimum atomic E-state index is -0.898. The number of benzene rings is 1. The van der Waals surface area contributed by atoms with E-state index in [9.17, 15) is 8.78 Å². The van der Waals surface area contributed by atoms with E-state index in [-0.39, 0.29) is 12.2 Å². The molecule has 17 heavy (non-hydrogen) atoms. The highest BCUT2D eigenvalue weighted by Crippen LogP contribution is 2.16. The van der Waals surface area contributed by atoms with Crippen LogP contribution >= 0.6 is 0 Å². The quantitative estimate of drug-likeness (QED) is 0.735. The first kappa shape index (κ1) is 12.2. The number of hydrazine groups is 1. The highest BCUT2D eigenvalue weighted by Gasteiger charge is 2.19. The summed E-state index contributed by atoms with van der Waals surface area (Å²) in [6.45, 7) is 0.428. The largest absolute Gasteiger partial charge is 0.493 e. The molecule has 0 spiro atoms. The van der Waals surface area contributed by atoms with E-state index in [1.807, 2.05) is 0 Å². The molecule has 0 bridgehead atoms. The summed E-state index contributed by atoms with van der Waals surface area (Å²) in [4.78, 5) is 0. The summed E-state index contributed by atoms with van der Waals surface area (Å²) >= 11 is 0. The van der Waals surface area contributed by atoms with E-state index in [4.69, 9.17) is 10.5 Å². The molecule has 94 valence electrons. The Hall–Kier alpha value is -1.24. The molecule has 2 atom stereocenters. The van der Waals surface area contributed by atoms with Gasteiger partial charge in [-0.3, -0.25) is 5.43 Å². The third-order valence-electron chi connectivity index (χ3n) is 2.64. The van der Waals surface area contributed by atoms with Crippen LogP contribution in [-0.2, 0) is 0 Å². The molecule has 0 saturated carbocycles. The molecule has 4 nitrogen and oxygen atoms in total. The molecule has 1 aliphatic heterocycles. The Kier molecular flexibility index (Phi) is 3.88. The first-order valence-electron chi connectivity index (χ1n) is 5.49. The Morgan fingerprint density at radius 1 is 1.29 bits per heavy atom. The van der Waals surface area contributed by atoms with Gasteiger partial charge in [0.2, 0.25) is 0 Å². The Labute approximate surface area is 98.1 Å². The molecule has 1 aromatic carbocycles. The number of halogens is 2. The Balaban J connectivity index is 1.76. The molecule has 4 N–H and O–H groups in total. The second-order valence-corrected chi connectivity index (χ2v) is 4.04. The average molecular weight is 243 g/mol. The van der Waals surface area contributed by atoms with Crippen LogP contribution in [0.25, 0.3) is 0 Å². The summed E-state index contributed by atoms with van der Waals surface area (Å²) in [6.07, 6.45) is 1.53. The van der Waals surface area contributed by atoms with Gasteiger partial charge in [0.15, 0.2) is 11.6 Å². The summed E-state index contributed by atoms with van der Waals surface area (Å²) in [5.41, 5.74) is 11.6. The lowest BCUT2D eigenvalue weighted by Crippen LogP contribution is -2.37. The molecule has 1 fully saturated rings. The molecule has 6 heteroatoms. The monoisotopic (exact) mass is 243 g/mol. The van der Waals surface area contributed by atoms with Crippen molar-refractivity contribution in [3.05, 3.63) is 29.8 Å². The minimum absolute atomic E-state index is 0.0386. The zero-order chi connectivity index (χ0) is 12.3. The number of ether oxygens (including phenoxy) is 1. The van der Waals surface area contributed by atoms with Crippen LogP contribution in [-0.4, -0.2) is 18.8 Å². The van der Waals surface area contributed by atoms with Gasteiger partial charge in [0.05, 0.1) is 12.8 Å². The van der Waals surface area contributed by atoms with Gasteiger partial charge in [-0.2, -0.15) is 0 Å². The molecule has 1 aliphatic rings. The minimum Gasteiger partial charge on any atom is -0.493 e. The molecular weight excluding hydrogens is 228 g/mol. The standard InChI is InChI=1S/C11H15F2N3O/c12-9-2-1-8(6-10(9)13)17-4-3-7-5-11(14)16-15-7/h1-2,6-7,11,15-16H,3-5,14H2. The summed E-state index contributed by atoms with van der Waals surface area (Å²) in [7, 11) is 0. The van der Waals surface area contributed by atoms with E-state index in [2.05, 4.69) is 10.9 Å². The molecule has 1 heterocycles. The van der Waals surface area contributed by atoms with Gasteiger partial charge in [0.1, 0.15) is 5.75 Å². The molecule has 0 radical (unpaired) electrons. The van der Waals surface area contributed by atoms with Crippen LogP contribution in [0.5, 0.6) is 5.75 Å². The molecule has 0 aliphatic carbocycles. The number of hydrogen-bond donors (Lipinski definition) is 3. The second kappa shape index (κ2) is 5.39. The van der Waals surface area contributed by atoms with Crippen molar-refractivity contribution in [3.63, 3.8) is 0 Å². The molecule has 1 aromatic rings. The maximum absolute atomic E-state index is 12.9. The highest BCUT2D eigenvalue weighted by molar-refractivity contribution is 5.23. The number of hydrogen-bond acceptors (Lipinski definition) is 4. The second-order valence-electron chi connectivity index (χ2n) is 4.04. The van der Waals surface area contributed by atoms with Crippen molar-refractivity contribution in [2.75, 3.05) is 6.61 Å². The Morgan fingerprint density at radius 3 is 2.76 bits per heavy atom. The summed E-state index contributed by atoms with van der Waals surface area (Å²) < 4.78 is 30.8. The Morgan fingerprint density at radius 2 is 2.12 bits per heavy atom. The molecule has 0 aromatic heterocycles. The van der Waals surface area contributed by atoms with Gasteiger partial charge in [-0.15, -0.1) is 0 Å². The maximum Gasteiger partial charge on any atom is 0.162 e. The third kappa shape index (κ3) is 3.36. The van der Waals surface area contributed by atoms with Crippen LogP contribution in [0, 0.1) is 11.6 Å². The lowest BCUT2D eigenvalue weighted by molar-refractivity contribution is 0.287. The van der Waals surface area contributed by atoms with Crippen molar-refractivity contribution in [2.24, 2.45) is 5.73 Å². The van der Waals surface area contributed by atoms with Gasteiger partial charge in [0, 0.05) is 12.1 Å². The summed E-state index contributed by atoms with van der Waals surface area (Å²) in [6, 6.07) is 3.75. The van der Waals surface area contributed by atoms with Crippen LogP contribution < -0.4 is 21.3 Å². The number of rotatable bonds is 4. The van der Waals surface area contributed by atoms with Crippen LogP contribution in [0.4, 0.5) is 8.78 Å². The van der Waals surface area contributed by atoms with Crippen LogP contribution in [0.1, 0.15) is 12.8 Å². The normalized spacial score (nSPS) is 23.9. The van der Waals surface area contributed by atoms with Crippen LogP contribution in [0.3, 0.4) is 0 Å². The lowest BCUT2D eigenvalue weighted by atomic mass is 10.1. The van der Waals surface area contributed by atoms with Gasteiger partial charge < -0.3 is 10.5 Å². The molecule has 2 unspecified atom stereocenters. The highest BCUT2D eigenvalue weighted by atomic mass is 19.2. The van der Waals surface area contributed by atoms with Gasteiger partial charge >= 0.3 is 0 Å². The smallest absolute Gasteiger partial charge is 0.162 e. The van der Waals surface area contributed by atoms with Crippen LogP contribution in [0.15, 0.2) is 18.2 Å². The zero-order valence-corrected chi connectivity index (χ0v) is 9.25. The predicted octanol–water partition coefficient (Wildman–Crippen LogP) is 0.885. The van der Waals surface area contributed by atoms with Gasteiger partial charge in [-0.25, -0.2) is 14.2 Å². The van der Waals surface area contributed by atoms with Crippen molar-refractivity contribution in [2.45, 2.75) is 25.0 Å².